The second-order valence-corrected chi connectivity index (χ2v) is 12.4. The first-order valence-electron chi connectivity index (χ1n) is 15.5. The van der Waals surface area contributed by atoms with Crippen molar-refractivity contribution in [1.82, 2.24) is 19.8 Å². The van der Waals surface area contributed by atoms with Crippen molar-refractivity contribution in [2.45, 2.75) is 50.7 Å². The Morgan fingerprint density at radius 3 is 2.67 bits per heavy atom. The van der Waals surface area contributed by atoms with Crippen LogP contribution in [0.4, 0.5) is 21.6 Å². The number of hydrogen-bond donors (Lipinski definition) is 2. The molecule has 1 atom stereocenters. The highest BCUT2D eigenvalue weighted by Crippen LogP contribution is 2.36. The maximum absolute atomic E-state index is 13.7. The summed E-state index contributed by atoms with van der Waals surface area (Å²) >= 11 is 5.97. The average Bonchev–Trinajstić information content (AvgIpc) is 3.78. The van der Waals surface area contributed by atoms with E-state index in [1.165, 1.54) is 24.5 Å². The van der Waals surface area contributed by atoms with Gasteiger partial charge in [-0.3, -0.25) is 19.3 Å². The number of likely N-dealkylation sites (N-methyl/N-ethyl adjacent to an activating group) is 1. The minimum Gasteiger partial charge on any atom is -0.491 e. The Morgan fingerprint density at radius 2 is 1.96 bits per heavy atom. The fourth-order valence-corrected chi connectivity index (χ4v) is 5.86. The van der Waals surface area contributed by atoms with Gasteiger partial charge in [0, 0.05) is 68.8 Å². The lowest BCUT2D eigenvalue weighted by Gasteiger charge is -2.37. The number of aromatic nitrogens is 2. The Bertz CT molecular complexity index is 1660. The molecule has 2 aliphatic heterocycles. The molecular weight excluding hydrogens is 615 g/mol. The van der Waals surface area contributed by atoms with Crippen LogP contribution in [0.1, 0.15) is 38.5 Å². The Labute approximate surface area is 271 Å². The van der Waals surface area contributed by atoms with Crippen LogP contribution in [0.3, 0.4) is 0 Å². The molecule has 3 fully saturated rings. The van der Waals surface area contributed by atoms with Crippen molar-refractivity contribution in [3.05, 3.63) is 59.7 Å². The zero-order valence-electron chi connectivity index (χ0n) is 25.5. The fourth-order valence-electron chi connectivity index (χ4n) is 5.68. The minimum absolute atomic E-state index is 0.0150. The lowest BCUT2D eigenvalue weighted by atomic mass is 10.0. The number of carbonyl (C=O) groups is 3. The Kier molecular flexibility index (Phi) is 9.64. The number of anilines is 3. The average molecular weight is 651 g/mol. The first-order chi connectivity index (χ1) is 22.2. The lowest BCUT2D eigenvalue weighted by molar-refractivity contribution is -0.153. The van der Waals surface area contributed by atoms with Gasteiger partial charge in [0.05, 0.1) is 22.8 Å². The molecule has 1 aromatic heterocycles. The van der Waals surface area contributed by atoms with Crippen LogP contribution in [0.5, 0.6) is 5.75 Å². The molecule has 0 spiro atoms. The smallest absolute Gasteiger partial charge is 0.306 e. The predicted octanol–water partition coefficient (Wildman–Crippen LogP) is 5.08. The van der Waals surface area contributed by atoms with Crippen molar-refractivity contribution in [3.8, 4) is 5.75 Å². The van der Waals surface area contributed by atoms with Gasteiger partial charge in [-0.05, 0) is 55.9 Å². The van der Waals surface area contributed by atoms with Crippen LogP contribution in [0.25, 0.3) is 10.9 Å². The molecule has 46 heavy (non-hydrogen) atoms. The second-order valence-electron chi connectivity index (χ2n) is 12.0. The topological polar surface area (TPSA) is 126 Å². The summed E-state index contributed by atoms with van der Waals surface area (Å²) in [5, 5.41) is 6.74. The van der Waals surface area contributed by atoms with Crippen LogP contribution in [0.15, 0.2) is 48.8 Å². The number of carbonyl (C=O) groups excluding carboxylic acids is 3. The van der Waals surface area contributed by atoms with E-state index in [4.69, 9.17) is 21.1 Å². The molecule has 3 aromatic rings. The molecule has 2 amide bonds. The third kappa shape index (κ3) is 7.73. The number of halogens is 2. The van der Waals surface area contributed by atoms with Crippen LogP contribution in [0, 0.1) is 11.7 Å². The van der Waals surface area contributed by atoms with E-state index in [2.05, 4.69) is 25.5 Å². The van der Waals surface area contributed by atoms with Gasteiger partial charge in [-0.25, -0.2) is 14.4 Å². The van der Waals surface area contributed by atoms with Crippen LogP contribution in [-0.2, 0) is 19.1 Å². The van der Waals surface area contributed by atoms with Crippen LogP contribution in [0.2, 0.25) is 5.02 Å². The monoisotopic (exact) mass is 650 g/mol. The summed E-state index contributed by atoms with van der Waals surface area (Å²) < 4.78 is 24.9. The molecule has 6 rings (SSSR count). The second kappa shape index (κ2) is 14.0. The summed E-state index contributed by atoms with van der Waals surface area (Å²) in [7, 11) is 1.78. The van der Waals surface area contributed by atoms with Gasteiger partial charge in [0.25, 0.3) is 5.91 Å². The van der Waals surface area contributed by atoms with Crippen LogP contribution < -0.4 is 15.4 Å². The van der Waals surface area contributed by atoms with Gasteiger partial charge in [-0.2, -0.15) is 0 Å². The molecule has 1 unspecified atom stereocenters. The summed E-state index contributed by atoms with van der Waals surface area (Å²) in [6.45, 7) is 2.69. The number of hydrogen-bond acceptors (Lipinski definition) is 9. The molecule has 2 N–H and O–H groups in total. The number of fused-ring (bicyclic) bond motifs is 1. The molecule has 0 radical (unpaired) electrons. The predicted molar refractivity (Wildman–Crippen MR) is 172 cm³/mol. The summed E-state index contributed by atoms with van der Waals surface area (Å²) in [6, 6.07) is 7.94. The lowest BCUT2D eigenvalue weighted by Crippen LogP contribution is -2.48. The molecule has 2 saturated heterocycles. The SMILES string of the molecule is CN(C(=O)C1CCC(=O)O1)C1CCN(C/C=C/C(=O)Nc2cc3c(Nc4ccc(F)c(Cl)c4)ncnc3cc2OCC2CC2)CC1. The number of amides is 2. The first kappa shape index (κ1) is 31.7. The van der Waals surface area contributed by atoms with Gasteiger partial charge in [-0.1, -0.05) is 17.7 Å². The Hall–Kier alpha value is -4.29. The molecule has 242 valence electrons. The van der Waals surface area contributed by atoms with E-state index in [0.29, 0.717) is 59.3 Å². The number of nitrogens with zero attached hydrogens (tertiary/aromatic N) is 4. The first-order valence-corrected chi connectivity index (χ1v) is 15.9. The van der Waals surface area contributed by atoms with Crippen molar-refractivity contribution in [2.24, 2.45) is 5.92 Å². The highest BCUT2D eigenvalue weighted by molar-refractivity contribution is 6.31. The molecule has 0 bridgehead atoms. The van der Waals surface area contributed by atoms with E-state index >= 15 is 0 Å². The van der Waals surface area contributed by atoms with Crippen molar-refractivity contribution in [3.63, 3.8) is 0 Å². The van der Waals surface area contributed by atoms with Gasteiger partial charge in [-0.15, -0.1) is 0 Å². The largest absolute Gasteiger partial charge is 0.491 e. The van der Waals surface area contributed by atoms with E-state index in [9.17, 15) is 18.8 Å². The van der Waals surface area contributed by atoms with E-state index in [0.717, 1.165) is 38.8 Å². The molecule has 3 heterocycles. The normalized spacial score (nSPS) is 18.9. The zero-order chi connectivity index (χ0) is 32.2. The number of nitrogens with one attached hydrogen (secondary N) is 2. The number of rotatable bonds is 11. The number of esters is 1. The summed E-state index contributed by atoms with van der Waals surface area (Å²) in [6.07, 6.45) is 8.65. The zero-order valence-corrected chi connectivity index (χ0v) is 26.3. The van der Waals surface area contributed by atoms with Gasteiger partial charge >= 0.3 is 5.97 Å². The number of benzene rings is 2. The van der Waals surface area contributed by atoms with Crippen LogP contribution >= 0.6 is 11.6 Å². The maximum atomic E-state index is 13.7. The quantitative estimate of drug-likeness (QED) is 0.216. The molecular formula is C33H36ClFN6O5. The van der Waals surface area contributed by atoms with E-state index < -0.39 is 11.9 Å². The van der Waals surface area contributed by atoms with Crippen molar-refractivity contribution in [1.29, 1.82) is 0 Å². The third-order valence-electron chi connectivity index (χ3n) is 8.59. The molecule has 3 aliphatic rings. The van der Waals surface area contributed by atoms with Gasteiger partial charge in [0.2, 0.25) is 5.91 Å². The summed E-state index contributed by atoms with van der Waals surface area (Å²) in [4.78, 5) is 49.9. The molecule has 1 aliphatic carbocycles. The van der Waals surface area contributed by atoms with E-state index in [1.807, 2.05) is 6.08 Å². The van der Waals surface area contributed by atoms with Crippen molar-refractivity contribution in [2.75, 3.05) is 43.9 Å². The van der Waals surface area contributed by atoms with Gasteiger partial charge < -0.3 is 25.0 Å². The summed E-state index contributed by atoms with van der Waals surface area (Å²) in [5.74, 6) is 0.212. The number of cyclic esters (lactones) is 1. The molecule has 11 nitrogen and oxygen atoms in total. The number of likely N-dealkylation sites (tertiary alicyclic amines) is 1. The van der Waals surface area contributed by atoms with Crippen molar-refractivity contribution < 1.29 is 28.2 Å². The van der Waals surface area contributed by atoms with Crippen LogP contribution in [-0.4, -0.2) is 83.0 Å². The van der Waals surface area contributed by atoms with Gasteiger partial charge in [0.15, 0.2) is 6.10 Å². The Morgan fingerprint density at radius 1 is 1.15 bits per heavy atom. The molecule has 1 saturated carbocycles. The highest BCUT2D eigenvalue weighted by atomic mass is 35.5. The van der Waals surface area contributed by atoms with E-state index in [-0.39, 0.29) is 35.3 Å². The third-order valence-corrected chi connectivity index (χ3v) is 8.88. The van der Waals surface area contributed by atoms with Crippen molar-refractivity contribution >= 4 is 57.5 Å². The standard InChI is InChI=1S/C33H36ClFN6O5/c1-40(33(44)28-8-9-31(43)46-28)22-10-13-41(14-11-22)12-2-3-30(42)39-27-16-23-26(17-29(27)45-18-20-4-5-20)36-19-37-32(23)38-21-6-7-25(35)24(34)15-21/h2-3,6-7,15-17,19-20,22,28H,4-5,8-14,18H2,1H3,(H,39,42)(H,36,37,38)/b3-2+. The molecule has 2 aromatic carbocycles. The number of piperidine rings is 1. The van der Waals surface area contributed by atoms with E-state index in [1.54, 1.807) is 30.1 Å². The Balaban J connectivity index is 1.08. The highest BCUT2D eigenvalue weighted by Gasteiger charge is 2.35. The summed E-state index contributed by atoms with van der Waals surface area (Å²) in [5.41, 5.74) is 1.65. The maximum Gasteiger partial charge on any atom is 0.306 e. The minimum atomic E-state index is -0.663. The fraction of sp³-hybridized carbons (Fsp3) is 0.424. The molecule has 13 heteroatoms. The van der Waals surface area contributed by atoms with Gasteiger partial charge in [0.1, 0.15) is 23.7 Å². The number of ether oxygens (including phenoxy) is 2.